The fourth-order valence-electron chi connectivity index (χ4n) is 5.66. The summed E-state index contributed by atoms with van der Waals surface area (Å²) in [7, 11) is 0. The number of pyridine rings is 1. The van der Waals surface area contributed by atoms with Gasteiger partial charge >= 0.3 is 6.18 Å². The molecule has 0 aromatic carbocycles. The Hall–Kier alpha value is -2.13. The number of nitrogens with two attached hydrogens (primary N) is 1. The summed E-state index contributed by atoms with van der Waals surface area (Å²) < 4.78 is 47.5. The van der Waals surface area contributed by atoms with Crippen LogP contribution in [-0.4, -0.2) is 52.0 Å². The Balaban J connectivity index is 1.40. The minimum absolute atomic E-state index is 0.180. The Morgan fingerprint density at radius 1 is 1.19 bits per heavy atom. The third kappa shape index (κ3) is 3.79. The summed E-state index contributed by atoms with van der Waals surface area (Å²) in [6.45, 7) is 7.86. The maximum Gasteiger partial charge on any atom is 0.419 e. The Morgan fingerprint density at radius 2 is 1.88 bits per heavy atom. The van der Waals surface area contributed by atoms with E-state index in [1.807, 2.05) is 10.7 Å². The zero-order valence-electron chi connectivity index (χ0n) is 18.5. The molecule has 6 nitrogen and oxygen atoms in total. The Bertz CT molecular complexity index is 972. The minimum atomic E-state index is -4.54. The fraction of sp³-hybridized carbons (Fsp3) is 0.652. The number of nitrogen functional groups attached to an aromatic ring is 1. The SMILES string of the molecule is CCC(C)n1nc(-c2cnc(N)c(C(F)(F)F)c2)cc1[C@H]1[C@@H]2CC(N3CCOCC3)C[C@@H]21. The van der Waals surface area contributed by atoms with Gasteiger partial charge in [0.25, 0.3) is 0 Å². The van der Waals surface area contributed by atoms with Crippen LogP contribution in [0, 0.1) is 11.8 Å². The smallest absolute Gasteiger partial charge is 0.383 e. The van der Waals surface area contributed by atoms with Gasteiger partial charge in [-0.25, -0.2) is 4.98 Å². The second-order valence-corrected chi connectivity index (χ2v) is 9.44. The minimum Gasteiger partial charge on any atom is -0.383 e. The number of hydrogen-bond acceptors (Lipinski definition) is 5. The van der Waals surface area contributed by atoms with Crippen LogP contribution in [0.15, 0.2) is 18.3 Å². The molecular weight excluding hydrogens is 419 g/mol. The zero-order chi connectivity index (χ0) is 22.6. The summed E-state index contributed by atoms with van der Waals surface area (Å²) >= 11 is 0. The molecule has 2 aliphatic carbocycles. The average Bonchev–Trinajstić information content (AvgIpc) is 3.12. The molecule has 1 saturated heterocycles. The molecule has 2 unspecified atom stereocenters. The third-order valence-electron chi connectivity index (χ3n) is 7.62. The van der Waals surface area contributed by atoms with E-state index in [2.05, 4.69) is 23.7 Å². The van der Waals surface area contributed by atoms with Crippen LogP contribution < -0.4 is 5.73 Å². The molecule has 2 saturated carbocycles. The monoisotopic (exact) mass is 449 g/mol. The van der Waals surface area contributed by atoms with E-state index in [-0.39, 0.29) is 6.04 Å². The Morgan fingerprint density at radius 3 is 2.50 bits per heavy atom. The van der Waals surface area contributed by atoms with E-state index >= 15 is 0 Å². The molecule has 9 heteroatoms. The van der Waals surface area contributed by atoms with Crippen LogP contribution in [0.1, 0.15) is 56.3 Å². The highest BCUT2D eigenvalue weighted by molar-refractivity contribution is 5.63. The highest BCUT2D eigenvalue weighted by Gasteiger charge is 2.58. The van der Waals surface area contributed by atoms with Crippen molar-refractivity contribution in [3.8, 4) is 11.3 Å². The second kappa shape index (κ2) is 8.02. The Kier molecular flexibility index (Phi) is 5.44. The first kappa shape index (κ1) is 21.7. The lowest BCUT2D eigenvalue weighted by molar-refractivity contribution is -0.137. The number of rotatable bonds is 5. The number of alkyl halides is 3. The second-order valence-electron chi connectivity index (χ2n) is 9.44. The molecule has 174 valence electrons. The number of morpholine rings is 1. The molecule has 2 aromatic rings. The summed E-state index contributed by atoms with van der Waals surface area (Å²) in [6.07, 6.45) is 0.105. The molecule has 1 aliphatic heterocycles. The summed E-state index contributed by atoms with van der Waals surface area (Å²) in [6, 6.07) is 3.85. The van der Waals surface area contributed by atoms with Crippen molar-refractivity contribution in [3.05, 3.63) is 29.6 Å². The number of nitrogens with zero attached hydrogens (tertiary/aromatic N) is 4. The summed E-state index contributed by atoms with van der Waals surface area (Å²) in [5, 5.41) is 4.74. The van der Waals surface area contributed by atoms with Gasteiger partial charge in [0.2, 0.25) is 0 Å². The normalized spacial score (nSPS) is 29.2. The number of aromatic nitrogens is 3. The van der Waals surface area contributed by atoms with Gasteiger partial charge in [-0.3, -0.25) is 9.58 Å². The molecule has 3 fully saturated rings. The van der Waals surface area contributed by atoms with Crippen molar-refractivity contribution < 1.29 is 17.9 Å². The molecule has 0 amide bonds. The predicted octanol–water partition coefficient (Wildman–Crippen LogP) is 4.34. The van der Waals surface area contributed by atoms with Gasteiger partial charge < -0.3 is 10.5 Å². The van der Waals surface area contributed by atoms with Crippen LogP contribution in [0.25, 0.3) is 11.3 Å². The maximum absolute atomic E-state index is 13.3. The van der Waals surface area contributed by atoms with Crippen LogP contribution in [-0.2, 0) is 10.9 Å². The molecule has 0 spiro atoms. The van der Waals surface area contributed by atoms with Gasteiger partial charge in [0, 0.05) is 48.5 Å². The van der Waals surface area contributed by atoms with Gasteiger partial charge in [0.15, 0.2) is 0 Å². The molecule has 3 aliphatic rings. The van der Waals surface area contributed by atoms with Gasteiger partial charge in [-0.2, -0.15) is 18.3 Å². The first-order valence-corrected chi connectivity index (χ1v) is 11.5. The quantitative estimate of drug-likeness (QED) is 0.735. The molecule has 5 atom stereocenters. The van der Waals surface area contributed by atoms with Crippen LogP contribution in [0.2, 0.25) is 0 Å². The number of fused-ring (bicyclic) bond motifs is 1. The van der Waals surface area contributed by atoms with E-state index in [1.165, 1.54) is 19.0 Å². The summed E-state index contributed by atoms with van der Waals surface area (Å²) in [5.41, 5.74) is 6.61. The summed E-state index contributed by atoms with van der Waals surface area (Å²) in [5.74, 6) is 1.19. The zero-order valence-corrected chi connectivity index (χ0v) is 18.5. The van der Waals surface area contributed by atoms with Crippen molar-refractivity contribution in [1.29, 1.82) is 0 Å². The fourth-order valence-corrected chi connectivity index (χ4v) is 5.66. The maximum atomic E-state index is 13.3. The lowest BCUT2D eigenvalue weighted by Crippen LogP contribution is -2.43. The topological polar surface area (TPSA) is 69.2 Å². The van der Waals surface area contributed by atoms with E-state index in [4.69, 9.17) is 15.6 Å². The predicted molar refractivity (Wildman–Crippen MR) is 115 cm³/mol. The van der Waals surface area contributed by atoms with Crippen molar-refractivity contribution in [1.82, 2.24) is 19.7 Å². The largest absolute Gasteiger partial charge is 0.419 e. The lowest BCUT2D eigenvalue weighted by Gasteiger charge is -2.33. The molecule has 2 N–H and O–H groups in total. The standard InChI is InChI=1S/C23H30F3N5O/c1-3-13(2)31-20(21-16-9-15(10-17(16)21)30-4-6-32-7-5-30)11-19(29-31)14-8-18(23(24,25)26)22(27)28-12-14/h8,11-13,15-17,21H,3-7,9-10H2,1-2H3,(H2,27,28)/t13?,15?,16-,17+,21+. The van der Waals surface area contributed by atoms with E-state index in [9.17, 15) is 13.2 Å². The third-order valence-corrected chi connectivity index (χ3v) is 7.62. The first-order chi connectivity index (χ1) is 15.3. The van der Waals surface area contributed by atoms with E-state index < -0.39 is 17.6 Å². The van der Waals surface area contributed by atoms with Gasteiger partial charge in [0.1, 0.15) is 5.82 Å². The molecule has 0 radical (unpaired) electrons. The number of halogens is 3. The van der Waals surface area contributed by atoms with E-state index in [0.29, 0.717) is 35.1 Å². The van der Waals surface area contributed by atoms with Gasteiger partial charge in [-0.1, -0.05) is 6.92 Å². The van der Waals surface area contributed by atoms with E-state index in [1.54, 1.807) is 0 Å². The highest BCUT2D eigenvalue weighted by atomic mass is 19.4. The van der Waals surface area contributed by atoms with Crippen LogP contribution in [0.5, 0.6) is 0 Å². The van der Waals surface area contributed by atoms with Gasteiger partial charge in [0.05, 0.1) is 24.5 Å². The van der Waals surface area contributed by atoms with Crippen molar-refractivity contribution in [2.45, 2.75) is 57.3 Å². The van der Waals surface area contributed by atoms with Crippen LogP contribution >= 0.6 is 0 Å². The van der Waals surface area contributed by atoms with Crippen molar-refractivity contribution in [3.63, 3.8) is 0 Å². The number of hydrogen-bond donors (Lipinski definition) is 1. The highest BCUT2D eigenvalue weighted by Crippen LogP contribution is 2.64. The lowest BCUT2D eigenvalue weighted by atomic mass is 10.0. The van der Waals surface area contributed by atoms with Crippen LogP contribution in [0.3, 0.4) is 0 Å². The molecule has 3 heterocycles. The molecule has 32 heavy (non-hydrogen) atoms. The number of ether oxygens (including phenoxy) is 1. The van der Waals surface area contributed by atoms with Crippen LogP contribution in [0.4, 0.5) is 19.0 Å². The van der Waals surface area contributed by atoms with Gasteiger partial charge in [-0.05, 0) is 50.2 Å². The average molecular weight is 450 g/mol. The van der Waals surface area contributed by atoms with Crippen molar-refractivity contribution in [2.75, 3.05) is 32.0 Å². The number of anilines is 1. The molecule has 0 bridgehead atoms. The first-order valence-electron chi connectivity index (χ1n) is 11.5. The molecule has 5 rings (SSSR count). The van der Waals surface area contributed by atoms with E-state index in [0.717, 1.165) is 44.5 Å². The van der Waals surface area contributed by atoms with Crippen molar-refractivity contribution in [2.24, 2.45) is 11.8 Å². The van der Waals surface area contributed by atoms with Crippen molar-refractivity contribution >= 4 is 5.82 Å². The molecular formula is C23H30F3N5O. The summed E-state index contributed by atoms with van der Waals surface area (Å²) in [4.78, 5) is 6.36. The molecule has 2 aromatic heterocycles. The Labute approximate surface area is 185 Å². The van der Waals surface area contributed by atoms with Gasteiger partial charge in [-0.15, -0.1) is 0 Å².